The summed E-state index contributed by atoms with van der Waals surface area (Å²) in [6.07, 6.45) is 0.765. The molecule has 0 radical (unpaired) electrons. The van der Waals surface area contributed by atoms with Crippen molar-refractivity contribution in [1.82, 2.24) is 24.8 Å². The molecule has 1 aromatic carbocycles. The molecule has 0 unspecified atom stereocenters. The normalized spacial score (nSPS) is 15.6. The molecule has 0 saturated carbocycles. The van der Waals surface area contributed by atoms with Gasteiger partial charge in [-0.2, -0.15) is 31.7 Å². The van der Waals surface area contributed by atoms with Gasteiger partial charge in [0.25, 0.3) is 5.91 Å². The number of anilines is 1. The Morgan fingerprint density at radius 1 is 1.32 bits per heavy atom. The third kappa shape index (κ3) is 5.80. The number of rotatable bonds is 6. The minimum atomic E-state index is -4.59. The maximum atomic E-state index is 13.3. The van der Waals surface area contributed by atoms with E-state index in [-0.39, 0.29) is 35.8 Å². The summed E-state index contributed by atoms with van der Waals surface area (Å²) in [6.45, 7) is 2.66. The Kier molecular flexibility index (Phi) is 8.05. The maximum absolute atomic E-state index is 13.3. The van der Waals surface area contributed by atoms with E-state index >= 15 is 0 Å². The molecule has 2 aromatic heterocycles. The quantitative estimate of drug-likeness (QED) is 0.518. The zero-order chi connectivity index (χ0) is 23.6. The molecule has 2 N–H and O–H groups in total. The molecule has 0 bridgehead atoms. The van der Waals surface area contributed by atoms with Crippen LogP contribution in [0.5, 0.6) is 0 Å². The summed E-state index contributed by atoms with van der Waals surface area (Å²) in [7, 11) is 0. The standard InChI is InChI=1S/C21H20ClF3N6O2.H2S/c1-12-7-27-20(29-13-5-6-33-10-13)30-18(12)31-9-17(28-11-31)19(32)26-8-14-15(21(23,24)25)3-2-4-16(14)22;/h2-4,7,9,11,13H,5-6,8,10H2,1H3,(H,26,32)(H,27,29,30);1H2/t13-;/m0./s1. The van der Waals surface area contributed by atoms with Crippen LogP contribution in [0.1, 0.15) is 33.6 Å². The fourth-order valence-electron chi connectivity index (χ4n) is 3.41. The number of aromatic nitrogens is 4. The van der Waals surface area contributed by atoms with Crippen molar-refractivity contribution in [3.63, 3.8) is 0 Å². The highest BCUT2D eigenvalue weighted by Crippen LogP contribution is 2.34. The second-order valence-electron chi connectivity index (χ2n) is 7.52. The van der Waals surface area contributed by atoms with Crippen LogP contribution >= 0.6 is 25.1 Å². The van der Waals surface area contributed by atoms with E-state index in [9.17, 15) is 18.0 Å². The molecule has 0 aliphatic carbocycles. The van der Waals surface area contributed by atoms with Crippen LogP contribution in [0.4, 0.5) is 19.1 Å². The highest BCUT2D eigenvalue weighted by atomic mass is 35.5. The van der Waals surface area contributed by atoms with Crippen molar-refractivity contribution in [3.05, 3.63) is 64.3 Å². The number of aryl methyl sites for hydroxylation is 1. The third-order valence-electron chi connectivity index (χ3n) is 5.12. The topological polar surface area (TPSA) is 94.0 Å². The molecule has 1 aliphatic rings. The number of carbonyl (C=O) groups excluding carboxylic acids is 1. The molecule has 1 fully saturated rings. The van der Waals surface area contributed by atoms with Crippen LogP contribution in [0.25, 0.3) is 5.82 Å². The zero-order valence-corrected chi connectivity index (χ0v) is 19.7. The lowest BCUT2D eigenvalue weighted by molar-refractivity contribution is -0.138. The van der Waals surface area contributed by atoms with Gasteiger partial charge in [-0.25, -0.2) is 9.97 Å². The number of alkyl halides is 3. The number of carbonyl (C=O) groups is 1. The Morgan fingerprint density at radius 2 is 2.12 bits per heavy atom. The van der Waals surface area contributed by atoms with E-state index < -0.39 is 24.2 Å². The number of imidazole rings is 1. The van der Waals surface area contributed by atoms with E-state index in [0.717, 1.165) is 18.1 Å². The summed E-state index contributed by atoms with van der Waals surface area (Å²) >= 11 is 5.94. The lowest BCUT2D eigenvalue weighted by Gasteiger charge is -2.14. The molecule has 1 amide bonds. The highest BCUT2D eigenvalue weighted by molar-refractivity contribution is 7.59. The fourth-order valence-corrected chi connectivity index (χ4v) is 3.66. The van der Waals surface area contributed by atoms with E-state index in [1.807, 2.05) is 6.92 Å². The average molecular weight is 515 g/mol. The van der Waals surface area contributed by atoms with E-state index in [4.69, 9.17) is 16.3 Å². The Hall–Kier alpha value is -2.83. The molecule has 3 aromatic rings. The second kappa shape index (κ2) is 10.6. The summed E-state index contributed by atoms with van der Waals surface area (Å²) in [4.78, 5) is 25.4. The van der Waals surface area contributed by atoms with Gasteiger partial charge in [-0.1, -0.05) is 17.7 Å². The molecule has 8 nitrogen and oxygen atoms in total. The lowest BCUT2D eigenvalue weighted by atomic mass is 10.1. The molecule has 13 heteroatoms. The predicted molar refractivity (Wildman–Crippen MR) is 125 cm³/mol. The molecule has 3 heterocycles. The van der Waals surface area contributed by atoms with Gasteiger partial charge in [0.15, 0.2) is 0 Å². The number of hydrogen-bond donors (Lipinski definition) is 2. The van der Waals surface area contributed by atoms with Gasteiger partial charge in [0.05, 0.1) is 18.2 Å². The smallest absolute Gasteiger partial charge is 0.379 e. The van der Waals surface area contributed by atoms with Gasteiger partial charge in [-0.15, -0.1) is 0 Å². The van der Waals surface area contributed by atoms with Crippen molar-refractivity contribution in [2.75, 3.05) is 18.5 Å². The zero-order valence-electron chi connectivity index (χ0n) is 18.0. The van der Waals surface area contributed by atoms with Crippen LogP contribution in [0.2, 0.25) is 5.02 Å². The van der Waals surface area contributed by atoms with E-state index in [2.05, 4.69) is 25.6 Å². The summed E-state index contributed by atoms with van der Waals surface area (Å²) in [6, 6.07) is 3.60. The first-order chi connectivity index (χ1) is 15.7. The second-order valence-corrected chi connectivity index (χ2v) is 7.92. The number of ether oxygens (including phenoxy) is 1. The molecule has 34 heavy (non-hydrogen) atoms. The molecule has 1 aliphatic heterocycles. The fraction of sp³-hybridized carbons (Fsp3) is 0.333. The van der Waals surface area contributed by atoms with Crippen LogP contribution in [0, 0.1) is 6.92 Å². The van der Waals surface area contributed by atoms with Gasteiger partial charge in [0.1, 0.15) is 17.8 Å². The van der Waals surface area contributed by atoms with E-state index in [0.29, 0.717) is 25.0 Å². The van der Waals surface area contributed by atoms with Crippen molar-refractivity contribution in [2.45, 2.75) is 32.1 Å². The van der Waals surface area contributed by atoms with Crippen molar-refractivity contribution < 1.29 is 22.7 Å². The molecule has 4 rings (SSSR count). The molecular weight excluding hydrogens is 493 g/mol. The molecule has 1 atom stereocenters. The summed E-state index contributed by atoms with van der Waals surface area (Å²) in [5.41, 5.74) is -0.339. The van der Waals surface area contributed by atoms with Crippen LogP contribution < -0.4 is 10.6 Å². The first-order valence-electron chi connectivity index (χ1n) is 10.1. The van der Waals surface area contributed by atoms with Crippen LogP contribution in [0.15, 0.2) is 36.9 Å². The maximum Gasteiger partial charge on any atom is 0.416 e. The monoisotopic (exact) mass is 514 g/mol. The van der Waals surface area contributed by atoms with Crippen molar-refractivity contribution >= 4 is 37.0 Å². The number of amides is 1. The van der Waals surface area contributed by atoms with E-state index in [1.165, 1.54) is 24.7 Å². The predicted octanol–water partition coefficient (Wildman–Crippen LogP) is 3.89. The van der Waals surface area contributed by atoms with Crippen molar-refractivity contribution in [1.29, 1.82) is 0 Å². The van der Waals surface area contributed by atoms with Gasteiger partial charge >= 0.3 is 6.18 Å². The van der Waals surface area contributed by atoms with Gasteiger partial charge in [0.2, 0.25) is 5.95 Å². The number of nitrogens with zero attached hydrogens (tertiary/aromatic N) is 4. The molecule has 0 spiro atoms. The minimum absolute atomic E-state index is 0. The number of halogens is 4. The Morgan fingerprint density at radius 3 is 2.82 bits per heavy atom. The Bertz CT molecular complexity index is 1170. The first-order valence-corrected chi connectivity index (χ1v) is 10.4. The molecular formula is C21H22ClF3N6O2S. The van der Waals surface area contributed by atoms with Crippen LogP contribution in [-0.4, -0.2) is 44.7 Å². The average Bonchev–Trinajstić information content (AvgIpc) is 3.45. The third-order valence-corrected chi connectivity index (χ3v) is 5.47. The van der Waals surface area contributed by atoms with Gasteiger partial charge in [-0.3, -0.25) is 9.36 Å². The van der Waals surface area contributed by atoms with Gasteiger partial charge in [-0.05, 0) is 25.5 Å². The van der Waals surface area contributed by atoms with Crippen molar-refractivity contribution in [3.8, 4) is 5.82 Å². The van der Waals surface area contributed by atoms with Gasteiger partial charge < -0.3 is 15.4 Å². The SMILES string of the molecule is Cc1cnc(N[C@H]2CCOC2)nc1-n1cnc(C(=O)NCc2c(Cl)cccc2C(F)(F)F)c1.S. The van der Waals surface area contributed by atoms with Crippen molar-refractivity contribution in [2.24, 2.45) is 0 Å². The Balaban J connectivity index is 0.00000324. The van der Waals surface area contributed by atoms with Crippen LogP contribution in [-0.2, 0) is 17.5 Å². The van der Waals surface area contributed by atoms with Crippen LogP contribution in [0.3, 0.4) is 0 Å². The van der Waals surface area contributed by atoms with E-state index in [1.54, 1.807) is 10.8 Å². The highest BCUT2D eigenvalue weighted by Gasteiger charge is 2.34. The number of hydrogen-bond acceptors (Lipinski definition) is 6. The summed E-state index contributed by atoms with van der Waals surface area (Å²) in [5, 5.41) is 5.57. The summed E-state index contributed by atoms with van der Waals surface area (Å²) < 4.78 is 46.7. The first kappa shape index (κ1) is 25.8. The molecule has 1 saturated heterocycles. The summed E-state index contributed by atoms with van der Waals surface area (Å²) in [5.74, 6) is 0.294. The van der Waals surface area contributed by atoms with Gasteiger partial charge in [0, 0.05) is 41.7 Å². The Labute approximate surface area is 205 Å². The number of benzene rings is 1. The number of nitrogens with one attached hydrogen (secondary N) is 2. The molecule has 182 valence electrons. The lowest BCUT2D eigenvalue weighted by Crippen LogP contribution is -2.25. The largest absolute Gasteiger partial charge is 0.416 e. The minimum Gasteiger partial charge on any atom is -0.379 e.